The van der Waals surface area contributed by atoms with E-state index in [4.69, 9.17) is 61.0 Å². The van der Waals surface area contributed by atoms with Crippen molar-refractivity contribution < 1.29 is 61.5 Å². The van der Waals surface area contributed by atoms with E-state index >= 15 is 0 Å². The van der Waals surface area contributed by atoms with Gasteiger partial charge in [-0.2, -0.15) is 10.2 Å². The zero-order valence-electron chi connectivity index (χ0n) is 37.0. The van der Waals surface area contributed by atoms with Crippen molar-refractivity contribution >= 4 is 70.2 Å². The number of esters is 2. The van der Waals surface area contributed by atoms with Crippen molar-refractivity contribution in [3.63, 3.8) is 0 Å². The predicted molar refractivity (Wildman–Crippen MR) is 252 cm³/mol. The third kappa shape index (κ3) is 16.0. The molecule has 0 aliphatic carbocycles. The molecule has 0 aliphatic heterocycles. The number of hydrogen-bond donors (Lipinski definition) is 4. The Labute approximate surface area is 412 Å². The number of alkyl halides is 4. The molecule has 23 heteroatoms. The van der Waals surface area contributed by atoms with E-state index in [0.29, 0.717) is 44.5 Å². The molecule has 15 nitrogen and oxygen atoms in total. The topological polar surface area (TPSA) is 198 Å². The molecule has 6 aromatic rings. The molecule has 2 heterocycles. The van der Waals surface area contributed by atoms with Crippen LogP contribution in [0.4, 0.5) is 17.6 Å². The minimum absolute atomic E-state index is 0.101. The normalized spacial score (nSPS) is 11.2. The third-order valence-electron chi connectivity index (χ3n) is 8.83. The van der Waals surface area contributed by atoms with E-state index in [0.717, 1.165) is 18.7 Å². The number of aromatic carboxylic acids is 1. The number of halogens is 8. The molecule has 4 aromatic carbocycles. The highest BCUT2D eigenvalue weighted by molar-refractivity contribution is 6.33. The number of ether oxygens (including phenoxy) is 2. The molecule has 0 spiro atoms. The lowest BCUT2D eigenvalue weighted by Gasteiger charge is -2.24. The molecule has 1 amide bonds. The number of carboxylic acids is 1. The summed E-state index contributed by atoms with van der Waals surface area (Å²) in [6, 6.07) is 26.5. The maximum atomic E-state index is 13.8. The number of amides is 1. The molecule has 0 atom stereocenters. The number of carbonyl (C=O) groups excluding carboxylic acids is 3. The van der Waals surface area contributed by atoms with Gasteiger partial charge >= 0.3 is 17.9 Å². The number of aliphatic hydroxyl groups excluding tert-OH is 2. The Morgan fingerprint density at radius 1 is 0.652 bits per heavy atom. The number of nitrogens with one attached hydrogen (secondary N) is 1. The maximum Gasteiger partial charge on any atom is 0.360 e. The third-order valence-corrected chi connectivity index (χ3v) is 9.97. The van der Waals surface area contributed by atoms with Crippen LogP contribution in [-0.4, -0.2) is 115 Å². The summed E-state index contributed by atoms with van der Waals surface area (Å²) in [5.74, 6) is -10.0. The van der Waals surface area contributed by atoms with Gasteiger partial charge in [0.05, 0.1) is 47.7 Å². The van der Waals surface area contributed by atoms with Crippen LogP contribution in [0.3, 0.4) is 0 Å². The highest BCUT2D eigenvalue weighted by atomic mass is 35.5. The summed E-state index contributed by atoms with van der Waals surface area (Å²) >= 11 is 24.6. The molecule has 6 rings (SSSR count). The van der Waals surface area contributed by atoms with Crippen molar-refractivity contribution in [2.45, 2.75) is 39.5 Å². The van der Waals surface area contributed by atoms with Gasteiger partial charge in [0.15, 0.2) is 17.2 Å². The van der Waals surface area contributed by atoms with Gasteiger partial charge in [-0.3, -0.25) is 14.4 Å². The van der Waals surface area contributed by atoms with E-state index in [9.17, 15) is 47.0 Å². The molecule has 368 valence electrons. The quantitative estimate of drug-likeness (QED) is 0.0408. The zero-order valence-corrected chi connectivity index (χ0v) is 40.1. The Kier molecular flexibility index (Phi) is 20.1. The SMILES string of the molecule is CC(=O)Oc1c(C(=O)N(CCO)CC(C)(F)F)nn(-c2ccccc2Cl)c1-c1ccc(Cl)cc1.CC(=O)Oc1c(C(=O)O)nn(-c2ccccc2Cl)c1-c1ccc(Cl)cc1.CC(F)(F)CNCCO. The Hall–Kier alpha value is -6.06. The largest absolute Gasteiger partial charge is 0.476 e. The Balaban J connectivity index is 0.000000261. The first kappa shape index (κ1) is 55.5. The number of aliphatic hydroxyl groups is 2. The van der Waals surface area contributed by atoms with Crippen LogP contribution < -0.4 is 14.8 Å². The summed E-state index contributed by atoms with van der Waals surface area (Å²) in [6.45, 7) is 1.66. The summed E-state index contributed by atoms with van der Waals surface area (Å²) < 4.78 is 64.6. The van der Waals surface area contributed by atoms with Crippen LogP contribution in [0.5, 0.6) is 11.5 Å². The molecule has 69 heavy (non-hydrogen) atoms. The summed E-state index contributed by atoms with van der Waals surface area (Å²) in [5.41, 5.74) is 1.52. The molecule has 0 unspecified atom stereocenters. The molecule has 4 N–H and O–H groups in total. The fourth-order valence-corrected chi connectivity index (χ4v) is 6.81. The lowest BCUT2D eigenvalue weighted by molar-refractivity contribution is -0.132. The number of rotatable bonds is 16. The van der Waals surface area contributed by atoms with Crippen LogP contribution >= 0.6 is 46.4 Å². The van der Waals surface area contributed by atoms with Crippen molar-refractivity contribution in [1.82, 2.24) is 29.8 Å². The summed E-state index contributed by atoms with van der Waals surface area (Å²) in [4.78, 5) is 49.2. The van der Waals surface area contributed by atoms with Crippen molar-refractivity contribution in [3.8, 4) is 45.4 Å². The van der Waals surface area contributed by atoms with E-state index in [2.05, 4.69) is 15.5 Å². The lowest BCUT2D eigenvalue weighted by atomic mass is 10.1. The van der Waals surface area contributed by atoms with E-state index in [1.54, 1.807) is 97.1 Å². The number of carboxylic acid groups (broad SMARTS) is 1. The van der Waals surface area contributed by atoms with Crippen LogP contribution in [0.15, 0.2) is 97.1 Å². The predicted octanol–water partition coefficient (Wildman–Crippen LogP) is 9.55. The lowest BCUT2D eigenvalue weighted by Crippen LogP contribution is -2.41. The number of nitrogens with zero attached hydrogens (tertiary/aromatic N) is 5. The summed E-state index contributed by atoms with van der Waals surface area (Å²) in [7, 11) is 0. The van der Waals surface area contributed by atoms with Crippen molar-refractivity contribution in [2.75, 3.05) is 39.4 Å². The number of para-hydroxylation sites is 2. The number of hydrogen-bond acceptors (Lipinski definition) is 11. The van der Waals surface area contributed by atoms with Gasteiger partial charge in [0.25, 0.3) is 17.8 Å². The van der Waals surface area contributed by atoms with Crippen molar-refractivity contribution in [1.29, 1.82) is 0 Å². The fourth-order valence-electron chi connectivity index (χ4n) is 6.13. The molecule has 0 radical (unpaired) electrons. The van der Waals surface area contributed by atoms with Crippen LogP contribution in [0.25, 0.3) is 33.9 Å². The van der Waals surface area contributed by atoms with Gasteiger partial charge < -0.3 is 35.0 Å². The second-order valence-electron chi connectivity index (χ2n) is 14.8. The van der Waals surface area contributed by atoms with E-state index in [1.807, 2.05) is 0 Å². The molecule has 0 aliphatic rings. The number of benzene rings is 4. The second kappa shape index (κ2) is 25.0. The molecule has 2 aromatic heterocycles. The van der Waals surface area contributed by atoms with Gasteiger partial charge in [-0.1, -0.05) is 94.9 Å². The highest BCUT2D eigenvalue weighted by Crippen LogP contribution is 2.40. The van der Waals surface area contributed by atoms with Gasteiger partial charge in [-0.05, 0) is 48.5 Å². The second-order valence-corrected chi connectivity index (χ2v) is 16.5. The zero-order chi connectivity index (χ0) is 51.2. The van der Waals surface area contributed by atoms with Gasteiger partial charge in [0.1, 0.15) is 11.4 Å². The average molecular weight is 1040 g/mol. The first-order valence-corrected chi connectivity index (χ1v) is 21.8. The van der Waals surface area contributed by atoms with E-state index < -0.39 is 60.2 Å². The van der Waals surface area contributed by atoms with Crippen LogP contribution in [0, 0.1) is 0 Å². The summed E-state index contributed by atoms with van der Waals surface area (Å²) in [6.07, 6.45) is 0. The summed E-state index contributed by atoms with van der Waals surface area (Å²) in [5, 5.41) is 39.4. The van der Waals surface area contributed by atoms with Crippen LogP contribution in [-0.2, 0) is 9.59 Å². The molecular weight excluding hydrogens is 998 g/mol. The van der Waals surface area contributed by atoms with E-state index in [1.165, 1.54) is 16.3 Å². The fraction of sp³-hybridized carbons (Fsp3) is 0.261. The minimum Gasteiger partial charge on any atom is -0.476 e. The first-order chi connectivity index (χ1) is 32.5. The van der Waals surface area contributed by atoms with Gasteiger partial charge in [-0.15, -0.1) is 0 Å². The minimum atomic E-state index is -3.24. The number of aromatic nitrogens is 4. The van der Waals surface area contributed by atoms with Gasteiger partial charge in [0.2, 0.25) is 5.69 Å². The van der Waals surface area contributed by atoms with Crippen LogP contribution in [0.1, 0.15) is 48.7 Å². The van der Waals surface area contributed by atoms with Crippen LogP contribution in [0.2, 0.25) is 20.1 Å². The van der Waals surface area contributed by atoms with E-state index in [-0.39, 0.29) is 54.2 Å². The smallest absolute Gasteiger partial charge is 0.360 e. The monoisotopic (exact) mass is 1040 g/mol. The first-order valence-electron chi connectivity index (χ1n) is 20.3. The molecule has 0 fully saturated rings. The standard InChI is InChI=1S/C23H21Cl2F2N3O4.C18H12Cl2N2O4.C5H11F2NO/c1-14(32)34-21-19(22(33)29(11-12-31)13-23(2,26)27)28-30(18-6-4-3-5-17(18)25)20(21)15-7-9-16(24)10-8-15;1-10(23)26-17-15(18(24)25)21-22(14-5-3-2-4-13(14)20)16(17)11-6-8-12(19)9-7-11;1-5(6,7)4-8-2-3-9/h3-10,31H,11-13H2,1-2H3;2-9H,1H3,(H,24,25);8-9H,2-4H2,1H3. The van der Waals surface area contributed by atoms with Gasteiger partial charge in [-0.25, -0.2) is 31.7 Å². The van der Waals surface area contributed by atoms with Crippen molar-refractivity contribution in [3.05, 3.63) is 129 Å². The number of carbonyl (C=O) groups is 4. The molecule has 0 saturated heterocycles. The molecule has 0 saturated carbocycles. The van der Waals surface area contributed by atoms with Crippen molar-refractivity contribution in [2.24, 2.45) is 0 Å². The Morgan fingerprint density at radius 2 is 1.07 bits per heavy atom. The van der Waals surface area contributed by atoms with Gasteiger partial charge in [0, 0.05) is 62.0 Å². The Morgan fingerprint density at radius 3 is 1.43 bits per heavy atom. The Bertz CT molecular complexity index is 2730. The highest BCUT2D eigenvalue weighted by Gasteiger charge is 2.35. The molecule has 0 bridgehead atoms. The molecular formula is C46H44Cl4F4N6O9. The average Bonchev–Trinajstić information content (AvgIpc) is 3.82. The maximum absolute atomic E-state index is 13.8.